The van der Waals surface area contributed by atoms with E-state index in [4.69, 9.17) is 20.8 Å². The summed E-state index contributed by atoms with van der Waals surface area (Å²) in [4.78, 5) is 11.5. The lowest BCUT2D eigenvalue weighted by molar-refractivity contribution is 0.0921. The number of Topliss-reactive ketones (excluding diaryl/α,β-unsaturated/α-hetero) is 1. The maximum absolute atomic E-state index is 11.5. The van der Waals surface area contributed by atoms with Gasteiger partial charge in [0.05, 0.1) is 11.8 Å². The molecule has 0 amide bonds. The molecule has 2 rings (SSSR count). The summed E-state index contributed by atoms with van der Waals surface area (Å²) in [6.07, 6.45) is 2.84. The summed E-state index contributed by atoms with van der Waals surface area (Å²) in [6, 6.07) is 8.51. The zero-order chi connectivity index (χ0) is 11.4. The van der Waals surface area contributed by atoms with Crippen LogP contribution in [0.2, 0.25) is 5.02 Å². The van der Waals surface area contributed by atoms with Gasteiger partial charge < -0.3 is 9.15 Å². The van der Waals surface area contributed by atoms with Crippen LogP contribution >= 0.6 is 11.6 Å². The number of carbonyl (C=O) groups excluding carboxylic acids is 1. The average Bonchev–Trinajstić information content (AvgIpc) is 2.79. The van der Waals surface area contributed by atoms with Crippen molar-refractivity contribution in [2.75, 3.05) is 6.61 Å². The highest BCUT2D eigenvalue weighted by atomic mass is 35.5. The van der Waals surface area contributed by atoms with Crippen molar-refractivity contribution in [3.8, 4) is 5.75 Å². The first kappa shape index (κ1) is 10.8. The van der Waals surface area contributed by atoms with Crippen LogP contribution in [-0.2, 0) is 0 Å². The van der Waals surface area contributed by atoms with E-state index in [9.17, 15) is 4.79 Å². The van der Waals surface area contributed by atoms with E-state index >= 15 is 0 Å². The summed E-state index contributed by atoms with van der Waals surface area (Å²) < 4.78 is 10.1. The SMILES string of the molecule is O=C(COc1cccc(Cl)c1)c1ccoc1. The van der Waals surface area contributed by atoms with Crippen molar-refractivity contribution in [1.29, 1.82) is 0 Å². The van der Waals surface area contributed by atoms with Gasteiger partial charge in [-0.05, 0) is 24.3 Å². The van der Waals surface area contributed by atoms with E-state index in [1.165, 1.54) is 12.5 Å². The van der Waals surface area contributed by atoms with Gasteiger partial charge in [-0.25, -0.2) is 0 Å². The number of rotatable bonds is 4. The summed E-state index contributed by atoms with van der Waals surface area (Å²) in [5, 5.41) is 0.577. The molecule has 0 aliphatic heterocycles. The first-order valence-corrected chi connectivity index (χ1v) is 5.07. The molecule has 4 heteroatoms. The van der Waals surface area contributed by atoms with E-state index in [0.29, 0.717) is 16.3 Å². The largest absolute Gasteiger partial charge is 0.485 e. The minimum absolute atomic E-state index is 0.0279. The highest BCUT2D eigenvalue weighted by molar-refractivity contribution is 6.30. The lowest BCUT2D eigenvalue weighted by Crippen LogP contribution is -2.10. The molecule has 0 unspecified atom stereocenters. The van der Waals surface area contributed by atoms with Crippen molar-refractivity contribution in [2.24, 2.45) is 0 Å². The maximum Gasteiger partial charge on any atom is 0.203 e. The van der Waals surface area contributed by atoms with E-state index in [-0.39, 0.29) is 12.4 Å². The first-order chi connectivity index (χ1) is 7.75. The average molecular weight is 237 g/mol. The van der Waals surface area contributed by atoms with Gasteiger partial charge in [0, 0.05) is 5.02 Å². The molecule has 1 aromatic carbocycles. The predicted molar refractivity (Wildman–Crippen MR) is 60.0 cm³/mol. The molecule has 16 heavy (non-hydrogen) atoms. The fourth-order valence-electron chi connectivity index (χ4n) is 1.21. The van der Waals surface area contributed by atoms with Crippen LogP contribution in [0.4, 0.5) is 0 Å². The third-order valence-electron chi connectivity index (χ3n) is 2.01. The van der Waals surface area contributed by atoms with E-state index < -0.39 is 0 Å². The van der Waals surface area contributed by atoms with Crippen molar-refractivity contribution >= 4 is 17.4 Å². The Morgan fingerprint density at radius 2 is 2.25 bits per heavy atom. The number of halogens is 1. The van der Waals surface area contributed by atoms with Crippen molar-refractivity contribution in [2.45, 2.75) is 0 Å². The van der Waals surface area contributed by atoms with Gasteiger partial charge in [-0.2, -0.15) is 0 Å². The second-order valence-corrected chi connectivity index (χ2v) is 3.62. The molecule has 0 fully saturated rings. The Bertz CT molecular complexity index is 477. The highest BCUT2D eigenvalue weighted by Crippen LogP contribution is 2.17. The Hall–Kier alpha value is -1.74. The van der Waals surface area contributed by atoms with Crippen LogP contribution in [0.15, 0.2) is 47.3 Å². The molecule has 0 aliphatic carbocycles. The molecular weight excluding hydrogens is 228 g/mol. The number of hydrogen-bond donors (Lipinski definition) is 0. The fraction of sp³-hybridized carbons (Fsp3) is 0.0833. The fourth-order valence-corrected chi connectivity index (χ4v) is 1.39. The molecule has 1 aromatic heterocycles. The van der Waals surface area contributed by atoms with Crippen molar-refractivity contribution in [3.63, 3.8) is 0 Å². The van der Waals surface area contributed by atoms with E-state index in [1.807, 2.05) is 0 Å². The molecule has 82 valence electrons. The van der Waals surface area contributed by atoms with Gasteiger partial charge in [-0.3, -0.25) is 4.79 Å². The van der Waals surface area contributed by atoms with Crippen molar-refractivity contribution in [1.82, 2.24) is 0 Å². The Morgan fingerprint density at radius 1 is 1.38 bits per heavy atom. The van der Waals surface area contributed by atoms with Crippen LogP contribution in [-0.4, -0.2) is 12.4 Å². The topological polar surface area (TPSA) is 39.4 Å². The number of benzene rings is 1. The van der Waals surface area contributed by atoms with Crippen LogP contribution in [0.25, 0.3) is 0 Å². The maximum atomic E-state index is 11.5. The minimum atomic E-state index is -0.131. The molecule has 1 heterocycles. The zero-order valence-electron chi connectivity index (χ0n) is 8.35. The molecule has 0 saturated heterocycles. The number of ketones is 1. The van der Waals surface area contributed by atoms with E-state index in [0.717, 1.165) is 0 Å². The van der Waals surface area contributed by atoms with Gasteiger partial charge >= 0.3 is 0 Å². The third kappa shape index (κ3) is 2.64. The number of carbonyl (C=O) groups is 1. The minimum Gasteiger partial charge on any atom is -0.485 e. The van der Waals surface area contributed by atoms with E-state index in [2.05, 4.69) is 0 Å². The molecule has 2 aromatic rings. The van der Waals surface area contributed by atoms with Gasteiger partial charge in [0.15, 0.2) is 6.61 Å². The lowest BCUT2D eigenvalue weighted by Gasteiger charge is -2.04. The van der Waals surface area contributed by atoms with E-state index in [1.54, 1.807) is 30.3 Å². The van der Waals surface area contributed by atoms with Crippen LogP contribution in [0, 0.1) is 0 Å². The second kappa shape index (κ2) is 4.86. The van der Waals surface area contributed by atoms with Crippen LogP contribution in [0.1, 0.15) is 10.4 Å². The predicted octanol–water partition coefficient (Wildman–Crippen LogP) is 3.19. The van der Waals surface area contributed by atoms with Crippen molar-refractivity contribution in [3.05, 3.63) is 53.4 Å². The molecule has 0 radical (unpaired) electrons. The Kier molecular flexibility index (Phi) is 3.27. The van der Waals surface area contributed by atoms with Gasteiger partial charge in [0.2, 0.25) is 5.78 Å². The standard InChI is InChI=1S/C12H9ClO3/c13-10-2-1-3-11(6-10)16-8-12(14)9-4-5-15-7-9/h1-7H,8H2. The quantitative estimate of drug-likeness (QED) is 0.766. The smallest absolute Gasteiger partial charge is 0.203 e. The summed E-state index contributed by atoms with van der Waals surface area (Å²) in [7, 11) is 0. The first-order valence-electron chi connectivity index (χ1n) is 4.69. The van der Waals surface area contributed by atoms with Crippen LogP contribution in [0.3, 0.4) is 0 Å². The van der Waals surface area contributed by atoms with Gasteiger partial charge in [-0.1, -0.05) is 17.7 Å². The molecule has 0 saturated carbocycles. The molecule has 0 atom stereocenters. The molecular formula is C12H9ClO3. The second-order valence-electron chi connectivity index (χ2n) is 3.18. The highest BCUT2D eigenvalue weighted by Gasteiger charge is 2.07. The molecule has 0 spiro atoms. The Labute approximate surface area is 97.6 Å². The van der Waals surface area contributed by atoms with Gasteiger partial charge in [0.25, 0.3) is 0 Å². The molecule has 0 N–H and O–H groups in total. The summed E-state index contributed by atoms with van der Waals surface area (Å²) >= 11 is 5.78. The molecule has 0 bridgehead atoms. The molecule has 3 nitrogen and oxygen atoms in total. The summed E-state index contributed by atoms with van der Waals surface area (Å²) in [5.74, 6) is 0.443. The monoisotopic (exact) mass is 236 g/mol. The van der Waals surface area contributed by atoms with Gasteiger partial charge in [-0.15, -0.1) is 0 Å². The Balaban J connectivity index is 1.95. The number of ether oxygens (including phenoxy) is 1. The number of furan rings is 1. The van der Waals surface area contributed by atoms with Crippen LogP contribution in [0.5, 0.6) is 5.75 Å². The Morgan fingerprint density at radius 3 is 2.94 bits per heavy atom. The summed E-state index contributed by atoms with van der Waals surface area (Å²) in [6.45, 7) is -0.0279. The van der Waals surface area contributed by atoms with Crippen molar-refractivity contribution < 1.29 is 13.9 Å². The number of hydrogen-bond acceptors (Lipinski definition) is 3. The van der Waals surface area contributed by atoms with Gasteiger partial charge in [0.1, 0.15) is 12.0 Å². The summed E-state index contributed by atoms with van der Waals surface area (Å²) in [5.41, 5.74) is 0.502. The lowest BCUT2D eigenvalue weighted by atomic mass is 10.2. The normalized spacial score (nSPS) is 10.1. The van der Waals surface area contributed by atoms with Crippen LogP contribution < -0.4 is 4.74 Å². The zero-order valence-corrected chi connectivity index (χ0v) is 9.11. The third-order valence-corrected chi connectivity index (χ3v) is 2.24. The molecule has 0 aliphatic rings.